The molecule has 0 bridgehead atoms. The van der Waals surface area contributed by atoms with E-state index in [9.17, 15) is 4.79 Å². The quantitative estimate of drug-likeness (QED) is 0.404. The van der Waals surface area contributed by atoms with Crippen LogP contribution >= 0.6 is 0 Å². The van der Waals surface area contributed by atoms with E-state index in [-0.39, 0.29) is 0 Å². The van der Waals surface area contributed by atoms with Crippen molar-refractivity contribution in [2.75, 3.05) is 40.0 Å². The molecule has 5 nitrogen and oxygen atoms in total. The number of carboxylic acids is 1. The van der Waals surface area contributed by atoms with E-state index >= 15 is 0 Å². The van der Waals surface area contributed by atoms with Crippen LogP contribution in [0.4, 0.5) is 0 Å². The first-order valence-electron chi connectivity index (χ1n) is 5.44. The van der Waals surface area contributed by atoms with Gasteiger partial charge in [0.05, 0.1) is 13.2 Å². The topological polar surface area (TPSA) is 67.8 Å². The first-order valence-corrected chi connectivity index (χ1v) is 5.44. The average Bonchev–Trinajstić information content (AvgIpc) is 2.25. The van der Waals surface area contributed by atoms with Crippen LogP contribution in [0.1, 0.15) is 12.8 Å². The van der Waals surface area contributed by atoms with Gasteiger partial charge in [0.25, 0.3) is 0 Å². The molecule has 0 aromatic heterocycles. The molecule has 0 aliphatic rings. The first-order chi connectivity index (χ1) is 7.77. The van der Waals surface area contributed by atoms with Crippen LogP contribution in [0.2, 0.25) is 0 Å². The van der Waals surface area contributed by atoms with Crippen molar-refractivity contribution in [2.24, 2.45) is 0 Å². The zero-order chi connectivity index (χ0) is 12.1. The Kier molecular flexibility index (Phi) is 11.5. The highest BCUT2D eigenvalue weighted by Crippen LogP contribution is 1.88. The Bertz CT molecular complexity index is 194. The molecule has 0 amide bonds. The van der Waals surface area contributed by atoms with Gasteiger partial charge in [-0.25, -0.2) is 4.79 Å². The Morgan fingerprint density at radius 3 is 2.81 bits per heavy atom. The molecule has 0 spiro atoms. The summed E-state index contributed by atoms with van der Waals surface area (Å²) in [4.78, 5) is 10.1. The summed E-state index contributed by atoms with van der Waals surface area (Å²) in [5, 5.41) is 11.4. The Morgan fingerprint density at radius 2 is 2.12 bits per heavy atom. The second-order valence-corrected chi connectivity index (χ2v) is 3.26. The van der Waals surface area contributed by atoms with Gasteiger partial charge in [-0.1, -0.05) is 6.08 Å². The number of aliphatic carboxylic acids is 1. The predicted molar refractivity (Wildman–Crippen MR) is 61.6 cm³/mol. The molecule has 0 unspecified atom stereocenters. The van der Waals surface area contributed by atoms with E-state index < -0.39 is 5.97 Å². The largest absolute Gasteiger partial charge is 0.478 e. The van der Waals surface area contributed by atoms with Crippen molar-refractivity contribution in [1.82, 2.24) is 5.32 Å². The summed E-state index contributed by atoms with van der Waals surface area (Å²) in [5.74, 6) is -0.909. The zero-order valence-electron chi connectivity index (χ0n) is 9.78. The SMILES string of the molecule is COCCOCCCCNC/C=C/C(=O)O. The number of carbonyl (C=O) groups is 1. The summed E-state index contributed by atoms with van der Waals surface area (Å²) >= 11 is 0. The lowest BCUT2D eigenvalue weighted by Gasteiger charge is -2.03. The van der Waals surface area contributed by atoms with Crippen molar-refractivity contribution in [1.29, 1.82) is 0 Å². The fourth-order valence-electron chi connectivity index (χ4n) is 1.04. The lowest BCUT2D eigenvalue weighted by atomic mass is 10.3. The molecular weight excluding hydrogens is 210 g/mol. The molecule has 0 atom stereocenters. The highest BCUT2D eigenvalue weighted by molar-refractivity contribution is 5.79. The van der Waals surface area contributed by atoms with E-state index in [4.69, 9.17) is 14.6 Å². The highest BCUT2D eigenvalue weighted by Gasteiger charge is 1.90. The van der Waals surface area contributed by atoms with Gasteiger partial charge < -0.3 is 19.9 Å². The van der Waals surface area contributed by atoms with Crippen LogP contribution in [0, 0.1) is 0 Å². The van der Waals surface area contributed by atoms with Crippen molar-refractivity contribution >= 4 is 5.97 Å². The molecule has 0 heterocycles. The maximum atomic E-state index is 10.1. The van der Waals surface area contributed by atoms with E-state index in [1.165, 1.54) is 0 Å². The minimum absolute atomic E-state index is 0.594. The van der Waals surface area contributed by atoms with Crippen LogP contribution < -0.4 is 5.32 Å². The molecule has 0 fully saturated rings. The van der Waals surface area contributed by atoms with Gasteiger partial charge >= 0.3 is 5.97 Å². The number of hydrogen-bond donors (Lipinski definition) is 2. The van der Waals surface area contributed by atoms with Crippen LogP contribution in [-0.4, -0.2) is 51.1 Å². The number of nitrogens with one attached hydrogen (secondary N) is 1. The normalized spacial score (nSPS) is 11.1. The van der Waals surface area contributed by atoms with Gasteiger partial charge in [0.15, 0.2) is 0 Å². The van der Waals surface area contributed by atoms with Crippen LogP contribution in [0.25, 0.3) is 0 Å². The Balaban J connectivity index is 3.01. The molecular formula is C11H21NO4. The number of methoxy groups -OCH3 is 1. The summed E-state index contributed by atoms with van der Waals surface area (Å²) in [6.07, 6.45) is 4.76. The van der Waals surface area contributed by atoms with E-state index in [1.807, 2.05) is 0 Å². The molecule has 94 valence electrons. The Morgan fingerprint density at radius 1 is 1.31 bits per heavy atom. The second kappa shape index (κ2) is 12.2. The maximum absolute atomic E-state index is 10.1. The van der Waals surface area contributed by atoms with Crippen LogP contribution in [0.3, 0.4) is 0 Å². The standard InChI is InChI=1S/C11H21NO4/c1-15-9-10-16-8-3-2-6-12-7-4-5-11(13)14/h4-5,12H,2-3,6-10H2,1H3,(H,13,14)/b5-4+. The molecule has 0 saturated heterocycles. The van der Waals surface area contributed by atoms with Gasteiger partial charge in [-0.05, 0) is 19.4 Å². The number of carboxylic acid groups (broad SMARTS) is 1. The summed E-state index contributed by atoms with van der Waals surface area (Å²) < 4.78 is 10.1. The van der Waals surface area contributed by atoms with Crippen molar-refractivity contribution in [3.8, 4) is 0 Å². The van der Waals surface area contributed by atoms with E-state index in [0.717, 1.165) is 32.1 Å². The predicted octanol–water partition coefficient (Wildman–Crippen LogP) is 0.660. The van der Waals surface area contributed by atoms with Crippen LogP contribution in [0.5, 0.6) is 0 Å². The first kappa shape index (κ1) is 15.1. The summed E-state index contributed by atoms with van der Waals surface area (Å²) in [5.41, 5.74) is 0. The fraction of sp³-hybridized carbons (Fsp3) is 0.727. The third kappa shape index (κ3) is 13.1. The smallest absolute Gasteiger partial charge is 0.328 e. The van der Waals surface area contributed by atoms with Gasteiger partial charge in [0.1, 0.15) is 0 Å². The Labute approximate surface area is 96.4 Å². The molecule has 0 saturated carbocycles. The van der Waals surface area contributed by atoms with E-state index in [2.05, 4.69) is 5.32 Å². The van der Waals surface area contributed by atoms with E-state index in [1.54, 1.807) is 13.2 Å². The minimum Gasteiger partial charge on any atom is -0.478 e. The third-order valence-electron chi connectivity index (χ3n) is 1.85. The van der Waals surface area contributed by atoms with Gasteiger partial charge in [-0.3, -0.25) is 0 Å². The van der Waals surface area contributed by atoms with Crippen molar-refractivity contribution in [2.45, 2.75) is 12.8 Å². The van der Waals surface area contributed by atoms with Crippen molar-refractivity contribution < 1.29 is 19.4 Å². The maximum Gasteiger partial charge on any atom is 0.328 e. The highest BCUT2D eigenvalue weighted by atomic mass is 16.5. The van der Waals surface area contributed by atoms with Gasteiger partial charge in [0.2, 0.25) is 0 Å². The molecule has 2 N–H and O–H groups in total. The second-order valence-electron chi connectivity index (χ2n) is 3.26. The molecule has 5 heteroatoms. The zero-order valence-corrected chi connectivity index (χ0v) is 9.78. The fourth-order valence-corrected chi connectivity index (χ4v) is 1.04. The lowest BCUT2D eigenvalue weighted by molar-refractivity contribution is -0.131. The monoisotopic (exact) mass is 231 g/mol. The molecule has 0 radical (unpaired) electrons. The van der Waals surface area contributed by atoms with Crippen molar-refractivity contribution in [3.63, 3.8) is 0 Å². The molecule has 0 aliphatic carbocycles. The molecule has 0 aromatic rings. The van der Waals surface area contributed by atoms with Gasteiger partial charge in [-0.15, -0.1) is 0 Å². The van der Waals surface area contributed by atoms with Crippen molar-refractivity contribution in [3.05, 3.63) is 12.2 Å². The van der Waals surface area contributed by atoms with Crippen LogP contribution in [-0.2, 0) is 14.3 Å². The number of rotatable bonds is 11. The third-order valence-corrected chi connectivity index (χ3v) is 1.85. The van der Waals surface area contributed by atoms with Gasteiger partial charge in [0, 0.05) is 26.3 Å². The summed E-state index contributed by atoms with van der Waals surface area (Å²) in [7, 11) is 1.65. The summed E-state index contributed by atoms with van der Waals surface area (Å²) in [6.45, 7) is 3.49. The Hall–Kier alpha value is -0.910. The molecule has 0 rings (SSSR count). The minimum atomic E-state index is -0.909. The number of hydrogen-bond acceptors (Lipinski definition) is 4. The van der Waals surface area contributed by atoms with Crippen LogP contribution in [0.15, 0.2) is 12.2 Å². The van der Waals surface area contributed by atoms with E-state index in [0.29, 0.717) is 19.8 Å². The average molecular weight is 231 g/mol. The number of ether oxygens (including phenoxy) is 2. The summed E-state index contributed by atoms with van der Waals surface area (Å²) in [6, 6.07) is 0. The number of unbranched alkanes of at least 4 members (excludes halogenated alkanes) is 1. The van der Waals surface area contributed by atoms with Gasteiger partial charge in [-0.2, -0.15) is 0 Å². The lowest BCUT2D eigenvalue weighted by Crippen LogP contribution is -2.16. The molecule has 16 heavy (non-hydrogen) atoms. The molecule has 0 aromatic carbocycles. The molecule has 0 aliphatic heterocycles.